The van der Waals surface area contributed by atoms with Gasteiger partial charge in [-0.1, -0.05) is 29.5 Å². The van der Waals surface area contributed by atoms with Crippen LogP contribution in [0.3, 0.4) is 0 Å². The SMILES string of the molecule is O=C(CCc1ccc2c(c1)OCCCO2)Nc1nnc(Cc2cccc(F)c2)s1. The van der Waals surface area contributed by atoms with Crippen molar-refractivity contribution in [3.63, 3.8) is 0 Å². The van der Waals surface area contributed by atoms with Crippen LogP contribution in [0.1, 0.15) is 29.0 Å². The lowest BCUT2D eigenvalue weighted by Gasteiger charge is -2.09. The van der Waals surface area contributed by atoms with Gasteiger partial charge in [-0.25, -0.2) is 4.39 Å². The summed E-state index contributed by atoms with van der Waals surface area (Å²) in [6.45, 7) is 1.28. The van der Waals surface area contributed by atoms with Gasteiger partial charge in [-0.15, -0.1) is 10.2 Å². The fourth-order valence-corrected chi connectivity index (χ4v) is 3.79. The number of carbonyl (C=O) groups excluding carboxylic acids is 1. The molecular formula is C21H20FN3O3S. The highest BCUT2D eigenvalue weighted by molar-refractivity contribution is 7.15. The van der Waals surface area contributed by atoms with Crippen molar-refractivity contribution < 1.29 is 18.7 Å². The molecule has 0 unspecified atom stereocenters. The maximum Gasteiger partial charge on any atom is 0.226 e. The van der Waals surface area contributed by atoms with Gasteiger partial charge in [0.25, 0.3) is 0 Å². The summed E-state index contributed by atoms with van der Waals surface area (Å²) < 4.78 is 24.6. The minimum atomic E-state index is -0.282. The Hall–Kier alpha value is -3.00. The van der Waals surface area contributed by atoms with Gasteiger partial charge in [0, 0.05) is 19.3 Å². The number of aryl methyl sites for hydroxylation is 1. The fraction of sp³-hybridized carbons (Fsp3) is 0.286. The van der Waals surface area contributed by atoms with E-state index in [-0.39, 0.29) is 11.7 Å². The number of ether oxygens (including phenoxy) is 2. The van der Waals surface area contributed by atoms with E-state index in [0.29, 0.717) is 42.6 Å². The summed E-state index contributed by atoms with van der Waals surface area (Å²) in [5.41, 5.74) is 1.82. The Morgan fingerprint density at radius 1 is 1.07 bits per heavy atom. The van der Waals surface area contributed by atoms with Crippen LogP contribution in [-0.4, -0.2) is 29.3 Å². The summed E-state index contributed by atoms with van der Waals surface area (Å²) in [7, 11) is 0. The number of halogens is 1. The Balaban J connectivity index is 1.30. The zero-order valence-electron chi connectivity index (χ0n) is 15.7. The number of rotatable bonds is 6. The fourth-order valence-electron chi connectivity index (χ4n) is 3.00. The monoisotopic (exact) mass is 413 g/mol. The molecule has 0 radical (unpaired) electrons. The lowest BCUT2D eigenvalue weighted by Crippen LogP contribution is -2.12. The summed E-state index contributed by atoms with van der Waals surface area (Å²) >= 11 is 1.29. The highest BCUT2D eigenvalue weighted by atomic mass is 32.1. The number of amides is 1. The van der Waals surface area contributed by atoms with E-state index in [4.69, 9.17) is 9.47 Å². The van der Waals surface area contributed by atoms with E-state index in [1.165, 1.54) is 23.5 Å². The molecule has 0 spiro atoms. The molecule has 150 valence electrons. The Morgan fingerprint density at radius 3 is 2.79 bits per heavy atom. The predicted molar refractivity (Wildman–Crippen MR) is 108 cm³/mol. The van der Waals surface area contributed by atoms with Crippen LogP contribution in [0.2, 0.25) is 0 Å². The number of fused-ring (bicyclic) bond motifs is 1. The number of aromatic nitrogens is 2. The first kappa shape index (κ1) is 19.3. The summed E-state index contributed by atoms with van der Waals surface area (Å²) in [5, 5.41) is 12.0. The summed E-state index contributed by atoms with van der Waals surface area (Å²) in [4.78, 5) is 12.3. The molecule has 3 aromatic rings. The molecule has 0 fully saturated rings. The number of benzene rings is 2. The van der Waals surface area contributed by atoms with Gasteiger partial charge in [0.1, 0.15) is 10.8 Å². The minimum Gasteiger partial charge on any atom is -0.490 e. The second-order valence-electron chi connectivity index (χ2n) is 6.69. The maximum atomic E-state index is 13.3. The molecule has 2 heterocycles. The third kappa shape index (κ3) is 5.29. The first-order valence-corrected chi connectivity index (χ1v) is 10.2. The van der Waals surface area contributed by atoms with Crippen LogP contribution < -0.4 is 14.8 Å². The molecule has 1 aliphatic rings. The largest absolute Gasteiger partial charge is 0.490 e. The van der Waals surface area contributed by atoms with Crippen LogP contribution in [0.5, 0.6) is 11.5 Å². The topological polar surface area (TPSA) is 73.3 Å². The van der Waals surface area contributed by atoms with Gasteiger partial charge in [-0.3, -0.25) is 4.79 Å². The molecule has 8 heteroatoms. The lowest BCUT2D eigenvalue weighted by molar-refractivity contribution is -0.116. The van der Waals surface area contributed by atoms with E-state index in [0.717, 1.165) is 29.0 Å². The molecule has 0 saturated heterocycles. The van der Waals surface area contributed by atoms with Crippen LogP contribution in [-0.2, 0) is 17.6 Å². The molecule has 1 amide bonds. The minimum absolute atomic E-state index is 0.134. The molecule has 1 aromatic heterocycles. The van der Waals surface area contributed by atoms with Crippen molar-refractivity contribution in [2.45, 2.75) is 25.7 Å². The van der Waals surface area contributed by atoms with Crippen molar-refractivity contribution in [1.29, 1.82) is 0 Å². The molecule has 0 atom stereocenters. The van der Waals surface area contributed by atoms with Gasteiger partial charge >= 0.3 is 0 Å². The highest BCUT2D eigenvalue weighted by Crippen LogP contribution is 2.30. The first-order chi connectivity index (χ1) is 14.2. The van der Waals surface area contributed by atoms with Crippen molar-refractivity contribution in [2.24, 2.45) is 0 Å². The van der Waals surface area contributed by atoms with E-state index in [1.807, 2.05) is 24.3 Å². The smallest absolute Gasteiger partial charge is 0.226 e. The number of anilines is 1. The van der Waals surface area contributed by atoms with Gasteiger partial charge in [-0.05, 0) is 41.8 Å². The standard InChI is InChI=1S/C21H20FN3O3S/c22-16-4-1-3-15(11-16)13-20-24-25-21(29-20)23-19(26)8-6-14-5-7-17-18(12-14)28-10-2-9-27-17/h1,3-5,7,11-12H,2,6,8-10,13H2,(H,23,25,26). The van der Waals surface area contributed by atoms with Crippen LogP contribution in [0.4, 0.5) is 9.52 Å². The van der Waals surface area contributed by atoms with Gasteiger partial charge in [0.05, 0.1) is 13.2 Å². The predicted octanol–water partition coefficient (Wildman–Crippen LogP) is 4.00. The van der Waals surface area contributed by atoms with Crippen molar-refractivity contribution in [3.05, 3.63) is 64.4 Å². The van der Waals surface area contributed by atoms with Crippen LogP contribution in [0, 0.1) is 5.82 Å². The summed E-state index contributed by atoms with van der Waals surface area (Å²) in [5.74, 6) is 1.06. The third-order valence-electron chi connectivity index (χ3n) is 4.41. The molecule has 0 aliphatic carbocycles. The van der Waals surface area contributed by atoms with E-state index >= 15 is 0 Å². The maximum absolute atomic E-state index is 13.3. The molecule has 29 heavy (non-hydrogen) atoms. The number of carbonyl (C=O) groups is 1. The quantitative estimate of drug-likeness (QED) is 0.661. The summed E-state index contributed by atoms with van der Waals surface area (Å²) in [6, 6.07) is 12.1. The van der Waals surface area contributed by atoms with E-state index in [9.17, 15) is 9.18 Å². The van der Waals surface area contributed by atoms with Crippen molar-refractivity contribution >= 4 is 22.4 Å². The summed E-state index contributed by atoms with van der Waals surface area (Å²) in [6.07, 6.45) is 2.23. The number of nitrogens with zero attached hydrogens (tertiary/aromatic N) is 2. The zero-order chi connectivity index (χ0) is 20.1. The van der Waals surface area contributed by atoms with Gasteiger partial charge in [0.2, 0.25) is 11.0 Å². The Labute approximate surface area is 171 Å². The third-order valence-corrected chi connectivity index (χ3v) is 5.25. The lowest BCUT2D eigenvalue weighted by atomic mass is 10.1. The first-order valence-electron chi connectivity index (χ1n) is 9.41. The Kier molecular flexibility index (Phi) is 6.00. The number of hydrogen-bond donors (Lipinski definition) is 1. The second-order valence-corrected chi connectivity index (χ2v) is 7.75. The molecule has 0 bridgehead atoms. The molecule has 2 aromatic carbocycles. The normalized spacial score (nSPS) is 13.0. The van der Waals surface area contributed by atoms with Crippen LogP contribution in [0.25, 0.3) is 0 Å². The van der Waals surface area contributed by atoms with Crippen molar-refractivity contribution in [3.8, 4) is 11.5 Å². The number of nitrogens with one attached hydrogen (secondary N) is 1. The highest BCUT2D eigenvalue weighted by Gasteiger charge is 2.13. The second kappa shape index (κ2) is 9.00. The Bertz CT molecular complexity index is 1010. The van der Waals surface area contributed by atoms with Crippen molar-refractivity contribution in [1.82, 2.24) is 10.2 Å². The molecular weight excluding hydrogens is 393 g/mol. The number of hydrogen-bond acceptors (Lipinski definition) is 6. The molecule has 6 nitrogen and oxygen atoms in total. The van der Waals surface area contributed by atoms with Gasteiger partial charge < -0.3 is 14.8 Å². The Morgan fingerprint density at radius 2 is 1.93 bits per heavy atom. The molecule has 4 rings (SSSR count). The average Bonchev–Trinajstić information content (AvgIpc) is 3.00. The van der Waals surface area contributed by atoms with Crippen molar-refractivity contribution in [2.75, 3.05) is 18.5 Å². The molecule has 1 aliphatic heterocycles. The zero-order valence-corrected chi connectivity index (χ0v) is 16.5. The van der Waals surface area contributed by atoms with Gasteiger partial charge in [0.15, 0.2) is 11.5 Å². The average molecular weight is 413 g/mol. The molecule has 1 N–H and O–H groups in total. The van der Waals surface area contributed by atoms with E-state index in [2.05, 4.69) is 15.5 Å². The van der Waals surface area contributed by atoms with E-state index in [1.54, 1.807) is 6.07 Å². The molecule has 0 saturated carbocycles. The van der Waals surface area contributed by atoms with Gasteiger partial charge in [-0.2, -0.15) is 0 Å². The van der Waals surface area contributed by atoms with E-state index < -0.39 is 0 Å². The van der Waals surface area contributed by atoms with Crippen LogP contribution >= 0.6 is 11.3 Å². The van der Waals surface area contributed by atoms with Crippen LogP contribution in [0.15, 0.2) is 42.5 Å².